The first-order valence-corrected chi connectivity index (χ1v) is 6.99. The minimum atomic E-state index is -0.227. The van der Waals surface area contributed by atoms with Crippen molar-refractivity contribution in [2.24, 2.45) is 0 Å². The fourth-order valence-corrected chi connectivity index (χ4v) is 1.70. The number of ether oxygens (including phenoxy) is 1. The van der Waals surface area contributed by atoms with E-state index in [1.54, 1.807) is 0 Å². The van der Waals surface area contributed by atoms with Crippen LogP contribution in [0.2, 0.25) is 0 Å². The van der Waals surface area contributed by atoms with Gasteiger partial charge in [0, 0.05) is 13.3 Å². The van der Waals surface area contributed by atoms with Gasteiger partial charge in [-0.25, -0.2) is 0 Å². The summed E-state index contributed by atoms with van der Waals surface area (Å²) in [7, 11) is 0. The molecule has 19 heavy (non-hydrogen) atoms. The number of esters is 1. The lowest BCUT2D eigenvalue weighted by atomic mass is 10.0. The highest BCUT2D eigenvalue weighted by Gasteiger charge is 2.07. The van der Waals surface area contributed by atoms with E-state index in [-0.39, 0.29) is 5.97 Å². The summed E-state index contributed by atoms with van der Waals surface area (Å²) >= 11 is 0. The predicted octanol–water partition coefficient (Wildman–Crippen LogP) is 5.32. The van der Waals surface area contributed by atoms with Crippen LogP contribution in [0.25, 0.3) is 0 Å². The molecule has 0 aliphatic rings. The Kier molecular flexibility index (Phi) is 8.94. The third-order valence-corrected chi connectivity index (χ3v) is 3.05. The summed E-state index contributed by atoms with van der Waals surface area (Å²) in [6.07, 6.45) is 8.01. The molecule has 0 atom stereocenters. The fraction of sp³-hybridized carbons (Fsp3) is 0.588. The summed E-state index contributed by atoms with van der Waals surface area (Å²) < 4.78 is 5.36. The molecular weight excluding hydrogens is 236 g/mol. The molecule has 0 saturated heterocycles. The molecule has 0 N–H and O–H groups in total. The number of carbonyl (C=O) groups excluding carboxylic acids is 1. The van der Waals surface area contributed by atoms with Crippen LogP contribution in [-0.2, 0) is 9.53 Å². The molecule has 0 aliphatic heterocycles. The van der Waals surface area contributed by atoms with Gasteiger partial charge in [0.2, 0.25) is 0 Å². The van der Waals surface area contributed by atoms with Gasteiger partial charge in [0.05, 0.1) is 0 Å². The molecule has 2 heteroatoms. The third-order valence-electron chi connectivity index (χ3n) is 3.05. The zero-order chi connectivity index (χ0) is 14.8. The standard InChI is InChI=1S/C17H28O2/c1-7-14(4)11-12-17(19-16(6)18)15(5)10-8-9-13(2)3/h7,9H,8,10-12H2,1-6H3. The number of allylic oxidation sites excluding steroid dienone is 6. The van der Waals surface area contributed by atoms with E-state index in [1.807, 2.05) is 6.92 Å². The molecule has 0 spiro atoms. The van der Waals surface area contributed by atoms with Gasteiger partial charge in [-0.05, 0) is 59.5 Å². The lowest BCUT2D eigenvalue weighted by Crippen LogP contribution is -2.02. The van der Waals surface area contributed by atoms with E-state index in [0.717, 1.165) is 31.4 Å². The highest BCUT2D eigenvalue weighted by Crippen LogP contribution is 2.20. The van der Waals surface area contributed by atoms with Crippen LogP contribution in [0.5, 0.6) is 0 Å². The van der Waals surface area contributed by atoms with E-state index in [9.17, 15) is 4.79 Å². The van der Waals surface area contributed by atoms with Crippen LogP contribution in [0.15, 0.2) is 34.6 Å². The van der Waals surface area contributed by atoms with Crippen LogP contribution < -0.4 is 0 Å². The number of carbonyl (C=O) groups is 1. The van der Waals surface area contributed by atoms with E-state index < -0.39 is 0 Å². The molecular formula is C17H28O2. The van der Waals surface area contributed by atoms with Crippen molar-refractivity contribution in [1.82, 2.24) is 0 Å². The summed E-state index contributed by atoms with van der Waals surface area (Å²) in [5, 5.41) is 0. The molecule has 0 aliphatic carbocycles. The van der Waals surface area contributed by atoms with Gasteiger partial charge in [0.15, 0.2) is 0 Å². The van der Waals surface area contributed by atoms with Crippen LogP contribution >= 0.6 is 0 Å². The molecule has 0 aromatic carbocycles. The average molecular weight is 264 g/mol. The topological polar surface area (TPSA) is 26.3 Å². The van der Waals surface area contributed by atoms with Crippen molar-refractivity contribution in [3.63, 3.8) is 0 Å². The van der Waals surface area contributed by atoms with Crippen LogP contribution in [-0.4, -0.2) is 5.97 Å². The van der Waals surface area contributed by atoms with Crippen LogP contribution in [0.4, 0.5) is 0 Å². The molecule has 0 aromatic heterocycles. The quantitative estimate of drug-likeness (QED) is 0.353. The number of hydrogen-bond donors (Lipinski definition) is 0. The zero-order valence-electron chi connectivity index (χ0n) is 13.3. The van der Waals surface area contributed by atoms with E-state index >= 15 is 0 Å². The van der Waals surface area contributed by atoms with Crippen molar-refractivity contribution in [1.29, 1.82) is 0 Å². The van der Waals surface area contributed by atoms with Crippen molar-refractivity contribution in [3.8, 4) is 0 Å². The molecule has 0 aromatic rings. The Hall–Kier alpha value is -1.31. The molecule has 2 nitrogen and oxygen atoms in total. The Bertz CT molecular complexity index is 380. The number of hydrogen-bond acceptors (Lipinski definition) is 2. The minimum Gasteiger partial charge on any atom is -0.431 e. The molecule has 0 bridgehead atoms. The van der Waals surface area contributed by atoms with Crippen molar-refractivity contribution in [2.45, 2.75) is 67.2 Å². The van der Waals surface area contributed by atoms with Gasteiger partial charge in [0.1, 0.15) is 5.76 Å². The third kappa shape index (κ3) is 9.29. The Morgan fingerprint density at radius 3 is 2.11 bits per heavy atom. The Morgan fingerprint density at radius 1 is 1.00 bits per heavy atom. The average Bonchev–Trinajstić information content (AvgIpc) is 2.32. The first-order valence-electron chi connectivity index (χ1n) is 6.99. The summed E-state index contributed by atoms with van der Waals surface area (Å²) in [6.45, 7) is 11.9. The summed E-state index contributed by atoms with van der Waals surface area (Å²) in [5.41, 5.74) is 3.82. The monoisotopic (exact) mass is 264 g/mol. The number of rotatable bonds is 7. The summed E-state index contributed by atoms with van der Waals surface area (Å²) in [4.78, 5) is 11.2. The van der Waals surface area contributed by atoms with Gasteiger partial charge in [0.25, 0.3) is 0 Å². The lowest BCUT2D eigenvalue weighted by molar-refractivity contribution is -0.137. The lowest BCUT2D eigenvalue weighted by Gasteiger charge is -2.12. The maximum atomic E-state index is 11.2. The zero-order valence-corrected chi connectivity index (χ0v) is 13.3. The summed E-state index contributed by atoms with van der Waals surface area (Å²) in [5.74, 6) is 0.616. The highest BCUT2D eigenvalue weighted by molar-refractivity contribution is 5.67. The second-order valence-corrected chi connectivity index (χ2v) is 5.25. The Labute approximate surface area is 118 Å². The van der Waals surface area contributed by atoms with Gasteiger partial charge in [-0.1, -0.05) is 23.3 Å². The maximum absolute atomic E-state index is 11.2. The van der Waals surface area contributed by atoms with Crippen LogP contribution in [0.1, 0.15) is 67.2 Å². The van der Waals surface area contributed by atoms with E-state index in [2.05, 4.69) is 39.8 Å². The van der Waals surface area contributed by atoms with Gasteiger partial charge < -0.3 is 4.74 Å². The van der Waals surface area contributed by atoms with Crippen molar-refractivity contribution in [3.05, 3.63) is 34.6 Å². The molecule has 0 heterocycles. The molecule has 0 fully saturated rings. The van der Waals surface area contributed by atoms with E-state index in [0.29, 0.717) is 0 Å². The normalized spacial score (nSPS) is 12.8. The minimum absolute atomic E-state index is 0.227. The van der Waals surface area contributed by atoms with Crippen molar-refractivity contribution >= 4 is 5.97 Å². The molecule has 0 rings (SSSR count). The predicted molar refractivity (Wildman–Crippen MR) is 81.8 cm³/mol. The summed E-state index contributed by atoms with van der Waals surface area (Å²) in [6, 6.07) is 0. The fourth-order valence-electron chi connectivity index (χ4n) is 1.70. The smallest absolute Gasteiger partial charge is 0.307 e. The Morgan fingerprint density at radius 2 is 1.63 bits per heavy atom. The highest BCUT2D eigenvalue weighted by atomic mass is 16.5. The van der Waals surface area contributed by atoms with Crippen LogP contribution in [0.3, 0.4) is 0 Å². The Balaban J connectivity index is 4.68. The molecule has 108 valence electrons. The molecule has 0 radical (unpaired) electrons. The SMILES string of the molecule is CC=C(C)CCC(OC(C)=O)=C(C)CCC=C(C)C. The molecule has 0 saturated carbocycles. The second kappa shape index (κ2) is 9.60. The first-order chi connectivity index (χ1) is 8.86. The van der Waals surface area contributed by atoms with E-state index in [1.165, 1.54) is 23.6 Å². The maximum Gasteiger partial charge on any atom is 0.307 e. The molecule has 0 unspecified atom stereocenters. The van der Waals surface area contributed by atoms with Crippen LogP contribution in [0, 0.1) is 0 Å². The molecule has 0 amide bonds. The van der Waals surface area contributed by atoms with Gasteiger partial charge >= 0.3 is 5.97 Å². The second-order valence-electron chi connectivity index (χ2n) is 5.25. The van der Waals surface area contributed by atoms with Gasteiger partial charge in [-0.15, -0.1) is 0 Å². The largest absolute Gasteiger partial charge is 0.431 e. The van der Waals surface area contributed by atoms with E-state index in [4.69, 9.17) is 4.74 Å². The van der Waals surface area contributed by atoms with Gasteiger partial charge in [-0.3, -0.25) is 4.79 Å². The first kappa shape index (κ1) is 17.7. The van der Waals surface area contributed by atoms with Crippen molar-refractivity contribution < 1.29 is 9.53 Å². The van der Waals surface area contributed by atoms with Gasteiger partial charge in [-0.2, -0.15) is 0 Å². The van der Waals surface area contributed by atoms with Crippen molar-refractivity contribution in [2.75, 3.05) is 0 Å².